The van der Waals surface area contributed by atoms with Gasteiger partial charge in [-0.05, 0) is 32.1 Å². The maximum Gasteiger partial charge on any atom is 0.320 e. The third-order valence-corrected chi connectivity index (χ3v) is 6.50. The summed E-state index contributed by atoms with van der Waals surface area (Å²) >= 11 is 0. The monoisotopic (exact) mass is 445 g/mol. The van der Waals surface area contributed by atoms with Crippen molar-refractivity contribution < 1.29 is 14.3 Å². The Morgan fingerprint density at radius 2 is 2.09 bits per heavy atom. The summed E-state index contributed by atoms with van der Waals surface area (Å²) in [5, 5.41) is 16.6. The van der Waals surface area contributed by atoms with Gasteiger partial charge in [0.05, 0.1) is 11.2 Å². The molecule has 7 N–H and O–H groups in total. The number of nitrogens with one attached hydrogen (secondary N) is 2. The summed E-state index contributed by atoms with van der Waals surface area (Å²) in [6.07, 6.45) is 1.66. The Balaban J connectivity index is 1.55. The molecule has 0 aliphatic carbocycles. The normalized spacial score (nSPS) is 26.7. The summed E-state index contributed by atoms with van der Waals surface area (Å²) in [4.78, 5) is 19.1. The third kappa shape index (κ3) is 4.02. The molecule has 32 heavy (non-hydrogen) atoms. The molecule has 3 heterocycles. The second kappa shape index (κ2) is 8.42. The van der Waals surface area contributed by atoms with E-state index in [1.807, 2.05) is 9.80 Å². The van der Waals surface area contributed by atoms with Gasteiger partial charge in [0.1, 0.15) is 5.82 Å². The molecular formula is C22H32FN7O2. The number of halogens is 1. The topological polar surface area (TPSA) is 123 Å². The van der Waals surface area contributed by atoms with Gasteiger partial charge in [0.25, 0.3) is 0 Å². The van der Waals surface area contributed by atoms with Crippen molar-refractivity contribution in [2.75, 3.05) is 45.8 Å². The number of para-hydroxylation sites is 1. The number of fused-ring (bicyclic) bond motifs is 1. The predicted octanol–water partition coefficient (Wildman–Crippen LogP) is 0.352. The Kier molecular flexibility index (Phi) is 5.81. The maximum atomic E-state index is 13.8. The zero-order valence-electron chi connectivity index (χ0n) is 18.6. The molecule has 0 aromatic heterocycles. The number of hydrogen-bond donors (Lipinski definition) is 5. The van der Waals surface area contributed by atoms with Crippen molar-refractivity contribution in [2.45, 2.75) is 25.4 Å². The lowest BCUT2D eigenvalue weighted by Gasteiger charge is -2.53. The molecule has 2 saturated heterocycles. The van der Waals surface area contributed by atoms with E-state index in [0.29, 0.717) is 50.8 Å². The van der Waals surface area contributed by atoms with Gasteiger partial charge in [-0.25, -0.2) is 9.18 Å². The van der Waals surface area contributed by atoms with E-state index < -0.39 is 17.1 Å². The summed E-state index contributed by atoms with van der Waals surface area (Å²) in [7, 11) is 0. The molecule has 2 amide bonds. The van der Waals surface area contributed by atoms with Gasteiger partial charge < -0.3 is 41.9 Å². The number of nitrogens with zero attached hydrogens (tertiary/aromatic N) is 3. The highest BCUT2D eigenvalue weighted by molar-refractivity contribution is 5.75. The summed E-state index contributed by atoms with van der Waals surface area (Å²) in [5.74, 6) is -0.772. The van der Waals surface area contributed by atoms with Crippen molar-refractivity contribution >= 4 is 11.7 Å². The van der Waals surface area contributed by atoms with Gasteiger partial charge in [-0.3, -0.25) is 0 Å². The largest absolute Gasteiger partial charge is 0.504 e. The number of nitrogens with two attached hydrogens (primary N) is 2. The number of carbonyl (C=O) groups excluding carboxylic acids is 1. The average molecular weight is 446 g/mol. The Labute approximate surface area is 187 Å². The number of hydrogen-bond acceptors (Lipinski definition) is 7. The first kappa shape index (κ1) is 22.1. The number of urea groups is 1. The standard InChI is InChI=1S/C22H32FN7O2/c1-14-11-28(7-6-26-14)21(32)29-8-9-30-18(20(25)27-12-22(30,2)13-29)10-17(24)15-4-3-5-16(23)19(15)31/h3-5,10,14,26-27,31H,6-9,11-13,24-25H2,1-2H3/b17-10-. The number of rotatable bonds is 2. The van der Waals surface area contributed by atoms with E-state index in [-0.39, 0.29) is 23.3 Å². The summed E-state index contributed by atoms with van der Waals surface area (Å²) in [6.45, 7) is 8.60. The van der Waals surface area contributed by atoms with E-state index in [4.69, 9.17) is 11.5 Å². The van der Waals surface area contributed by atoms with Crippen LogP contribution in [-0.2, 0) is 0 Å². The van der Waals surface area contributed by atoms with Crippen LogP contribution in [0, 0.1) is 5.82 Å². The molecule has 0 bridgehead atoms. The highest BCUT2D eigenvalue weighted by Gasteiger charge is 2.44. The number of phenolic OH excluding ortho intramolecular Hbond substituents is 1. The van der Waals surface area contributed by atoms with E-state index >= 15 is 0 Å². The summed E-state index contributed by atoms with van der Waals surface area (Å²) in [6, 6.07) is 4.56. The van der Waals surface area contributed by atoms with Gasteiger partial charge in [0.2, 0.25) is 0 Å². The fourth-order valence-corrected chi connectivity index (χ4v) is 4.75. The van der Waals surface area contributed by atoms with Crippen LogP contribution in [0.2, 0.25) is 0 Å². The van der Waals surface area contributed by atoms with E-state index in [1.165, 1.54) is 12.1 Å². The van der Waals surface area contributed by atoms with Gasteiger partial charge in [-0.15, -0.1) is 0 Å². The van der Waals surface area contributed by atoms with Crippen LogP contribution in [0.1, 0.15) is 19.4 Å². The molecule has 1 aromatic rings. The van der Waals surface area contributed by atoms with E-state index in [0.717, 1.165) is 6.54 Å². The van der Waals surface area contributed by atoms with Crippen molar-refractivity contribution in [1.29, 1.82) is 0 Å². The number of piperazine rings is 2. The second-order valence-electron chi connectivity index (χ2n) is 9.04. The lowest BCUT2D eigenvalue weighted by molar-refractivity contribution is 0.0331. The first-order valence-corrected chi connectivity index (χ1v) is 10.9. The third-order valence-electron chi connectivity index (χ3n) is 6.50. The summed E-state index contributed by atoms with van der Waals surface area (Å²) in [5.41, 5.74) is 13.2. The zero-order valence-corrected chi connectivity index (χ0v) is 18.6. The number of benzene rings is 1. The first-order valence-electron chi connectivity index (χ1n) is 10.9. The van der Waals surface area contributed by atoms with Crippen molar-refractivity contribution in [3.8, 4) is 5.75 Å². The van der Waals surface area contributed by atoms with Crippen LogP contribution >= 0.6 is 0 Å². The van der Waals surface area contributed by atoms with Crippen LogP contribution in [0.15, 0.2) is 35.8 Å². The molecule has 2 atom stereocenters. The number of phenols is 1. The van der Waals surface area contributed by atoms with Crippen LogP contribution in [0.25, 0.3) is 5.70 Å². The maximum absolute atomic E-state index is 13.8. The molecule has 0 spiro atoms. The average Bonchev–Trinajstić information content (AvgIpc) is 2.77. The summed E-state index contributed by atoms with van der Waals surface area (Å²) < 4.78 is 13.8. The number of carbonyl (C=O) groups is 1. The van der Waals surface area contributed by atoms with E-state index in [1.54, 1.807) is 12.1 Å². The van der Waals surface area contributed by atoms with Crippen molar-refractivity contribution in [3.05, 3.63) is 47.2 Å². The van der Waals surface area contributed by atoms with Crippen LogP contribution in [0.3, 0.4) is 0 Å². The fourth-order valence-electron chi connectivity index (χ4n) is 4.75. The van der Waals surface area contributed by atoms with Gasteiger partial charge in [0.15, 0.2) is 11.6 Å². The minimum Gasteiger partial charge on any atom is -0.504 e. The minimum absolute atomic E-state index is 0.0584. The molecule has 0 saturated carbocycles. The van der Waals surface area contributed by atoms with Crippen molar-refractivity contribution in [3.63, 3.8) is 0 Å². The molecule has 2 fully saturated rings. The van der Waals surface area contributed by atoms with E-state index in [2.05, 4.69) is 29.4 Å². The molecule has 0 radical (unpaired) electrons. The molecule has 3 aliphatic rings. The predicted molar refractivity (Wildman–Crippen MR) is 121 cm³/mol. The van der Waals surface area contributed by atoms with Gasteiger partial charge in [0, 0.05) is 63.1 Å². The molecule has 2 unspecified atom stereocenters. The highest BCUT2D eigenvalue weighted by Crippen LogP contribution is 2.33. The molecule has 174 valence electrons. The van der Waals surface area contributed by atoms with Crippen LogP contribution in [-0.4, -0.2) is 83.2 Å². The van der Waals surface area contributed by atoms with Crippen molar-refractivity contribution in [1.82, 2.24) is 25.3 Å². The van der Waals surface area contributed by atoms with Crippen molar-refractivity contribution in [2.24, 2.45) is 11.5 Å². The number of amides is 2. The molecule has 1 aromatic carbocycles. The van der Waals surface area contributed by atoms with Crippen LogP contribution < -0.4 is 22.1 Å². The molecule has 9 nitrogen and oxygen atoms in total. The smallest absolute Gasteiger partial charge is 0.320 e. The van der Waals surface area contributed by atoms with E-state index in [9.17, 15) is 14.3 Å². The Morgan fingerprint density at radius 3 is 2.84 bits per heavy atom. The van der Waals surface area contributed by atoms with Crippen LogP contribution in [0.5, 0.6) is 5.75 Å². The molecule has 3 aliphatic heterocycles. The molecule has 4 rings (SSSR count). The fraction of sp³-hybridized carbons (Fsp3) is 0.500. The van der Waals surface area contributed by atoms with Crippen LogP contribution in [0.4, 0.5) is 9.18 Å². The molecular weight excluding hydrogens is 413 g/mol. The Bertz CT molecular complexity index is 966. The lowest BCUT2D eigenvalue weighted by atomic mass is 9.92. The first-order chi connectivity index (χ1) is 15.2. The quantitative estimate of drug-likeness (QED) is 0.445. The number of allylic oxidation sites excluding steroid dienone is 1. The molecule has 10 heteroatoms. The highest BCUT2D eigenvalue weighted by atomic mass is 19.1. The Morgan fingerprint density at radius 1 is 1.31 bits per heavy atom. The van der Waals surface area contributed by atoms with Gasteiger partial charge >= 0.3 is 6.03 Å². The number of aromatic hydroxyl groups is 1. The minimum atomic E-state index is -0.734. The second-order valence-corrected chi connectivity index (χ2v) is 9.04. The van der Waals surface area contributed by atoms with Gasteiger partial charge in [-0.1, -0.05) is 6.07 Å². The Hall–Kier alpha value is -3.14. The van der Waals surface area contributed by atoms with Gasteiger partial charge in [-0.2, -0.15) is 0 Å². The zero-order chi connectivity index (χ0) is 23.0. The SMILES string of the molecule is CC1CN(C(=O)N2CCN3C(/C=C(\N)c4cccc(F)c4O)=C(N)NCC3(C)C2)CCN1. The lowest BCUT2D eigenvalue weighted by Crippen LogP contribution is -2.69.